The van der Waals surface area contributed by atoms with Crippen LogP contribution < -0.4 is 4.74 Å². The quantitative estimate of drug-likeness (QED) is 0.286. The lowest BCUT2D eigenvalue weighted by Crippen LogP contribution is -2.17. The molecule has 168 valence electrons. The number of alkyl halides is 6. The van der Waals surface area contributed by atoms with Crippen molar-refractivity contribution in [1.29, 1.82) is 5.26 Å². The van der Waals surface area contributed by atoms with E-state index in [1.165, 1.54) is 13.0 Å². The van der Waals surface area contributed by atoms with Crippen LogP contribution in [0.4, 0.5) is 26.3 Å². The zero-order valence-electron chi connectivity index (χ0n) is 15.1. The highest BCUT2D eigenvalue weighted by Crippen LogP contribution is 2.46. The number of benzene rings is 1. The number of ether oxygens (including phenoxy) is 2. The van der Waals surface area contributed by atoms with Gasteiger partial charge in [0, 0.05) is 0 Å². The van der Waals surface area contributed by atoms with Crippen LogP contribution in [0.1, 0.15) is 18.2 Å². The molecule has 0 aliphatic carbocycles. The molecule has 0 amide bonds. The van der Waals surface area contributed by atoms with E-state index >= 15 is 0 Å². The summed E-state index contributed by atoms with van der Waals surface area (Å²) in [5.41, 5.74) is -7.39. The van der Waals surface area contributed by atoms with E-state index in [1.54, 1.807) is 0 Å². The first-order valence-corrected chi connectivity index (χ1v) is 9.49. The summed E-state index contributed by atoms with van der Waals surface area (Å²) in [5.74, 6) is -1.74. The molecule has 2 rings (SSSR count). The van der Waals surface area contributed by atoms with Crippen molar-refractivity contribution in [1.82, 2.24) is 9.78 Å². The van der Waals surface area contributed by atoms with Crippen molar-refractivity contribution >= 4 is 40.9 Å². The molecule has 0 radical (unpaired) electrons. The van der Waals surface area contributed by atoms with E-state index in [2.05, 4.69) is 9.84 Å². The molecule has 15 heteroatoms. The Bertz CT molecular complexity index is 1010. The van der Waals surface area contributed by atoms with Crippen LogP contribution in [0.2, 0.25) is 10.0 Å². The summed E-state index contributed by atoms with van der Waals surface area (Å²) in [6.45, 7) is 0.542. The van der Waals surface area contributed by atoms with Crippen LogP contribution >= 0.6 is 35.0 Å². The van der Waals surface area contributed by atoms with Crippen molar-refractivity contribution in [2.45, 2.75) is 23.5 Å². The van der Waals surface area contributed by atoms with Crippen LogP contribution in [-0.4, -0.2) is 34.5 Å². The fourth-order valence-corrected chi connectivity index (χ4v) is 3.50. The Hall–Kier alpha value is -2.30. The van der Waals surface area contributed by atoms with Crippen molar-refractivity contribution < 1.29 is 40.6 Å². The van der Waals surface area contributed by atoms with Crippen LogP contribution in [-0.2, 0) is 15.7 Å². The van der Waals surface area contributed by atoms with Gasteiger partial charge in [-0.3, -0.25) is 0 Å². The van der Waals surface area contributed by atoms with E-state index in [9.17, 15) is 36.4 Å². The molecule has 0 saturated heterocycles. The number of esters is 1. The van der Waals surface area contributed by atoms with Crippen LogP contribution in [0.25, 0.3) is 5.69 Å². The fraction of sp³-hybridized carbons (Fsp3) is 0.312. The highest BCUT2D eigenvalue weighted by atomic mass is 35.5. The molecule has 0 fully saturated rings. The van der Waals surface area contributed by atoms with Crippen molar-refractivity contribution in [3.63, 3.8) is 0 Å². The standard InChI is InChI=1S/C16H9Cl2F6N3O3S/c1-2-29-11(28)6-30-14-13(31-16(22,23)24)10(5-25)26-27(14)12-8(17)3-7(4-9(12)18)15(19,20)21/h3-4H,2,6H2,1H3. The molecule has 2 aromatic rings. The van der Waals surface area contributed by atoms with E-state index in [-0.39, 0.29) is 6.61 Å². The molecular weight excluding hydrogens is 499 g/mol. The minimum absolute atomic E-state index is 0.0500. The Morgan fingerprint density at radius 1 is 1.23 bits per heavy atom. The zero-order chi connectivity index (χ0) is 23.6. The third kappa shape index (κ3) is 6.11. The molecule has 1 aromatic heterocycles. The molecular formula is C16H9Cl2F6N3O3S. The van der Waals surface area contributed by atoms with Gasteiger partial charge in [-0.2, -0.15) is 41.4 Å². The summed E-state index contributed by atoms with van der Waals surface area (Å²) in [5, 5.41) is 11.5. The minimum atomic E-state index is -4.89. The van der Waals surface area contributed by atoms with Crippen molar-refractivity contribution in [2.75, 3.05) is 13.2 Å². The topological polar surface area (TPSA) is 77.1 Å². The second kappa shape index (κ2) is 9.46. The number of carbonyl (C=O) groups excluding carboxylic acids is 1. The van der Waals surface area contributed by atoms with E-state index in [0.717, 1.165) is 0 Å². The second-order valence-corrected chi connectivity index (χ2v) is 7.32. The summed E-state index contributed by atoms with van der Waals surface area (Å²) in [6, 6.07) is 2.37. The van der Waals surface area contributed by atoms with Crippen LogP contribution in [0.5, 0.6) is 5.88 Å². The smallest absolute Gasteiger partial charge is 0.446 e. The maximum Gasteiger partial charge on any atom is 0.446 e. The summed E-state index contributed by atoms with van der Waals surface area (Å²) in [4.78, 5) is 10.7. The van der Waals surface area contributed by atoms with Gasteiger partial charge in [0.25, 0.3) is 0 Å². The van der Waals surface area contributed by atoms with Crippen molar-refractivity contribution in [2.24, 2.45) is 0 Å². The van der Waals surface area contributed by atoms with E-state index in [4.69, 9.17) is 27.9 Å². The number of nitrogens with zero attached hydrogens (tertiary/aromatic N) is 3. The molecule has 31 heavy (non-hydrogen) atoms. The number of hydrogen-bond acceptors (Lipinski definition) is 6. The van der Waals surface area contributed by atoms with Gasteiger partial charge in [0.1, 0.15) is 16.7 Å². The second-order valence-electron chi connectivity index (χ2n) is 5.43. The summed E-state index contributed by atoms with van der Waals surface area (Å²) < 4.78 is 88.1. The van der Waals surface area contributed by atoms with E-state index < -0.39 is 73.8 Å². The Morgan fingerprint density at radius 2 is 1.81 bits per heavy atom. The molecule has 0 N–H and O–H groups in total. The van der Waals surface area contributed by atoms with Crippen LogP contribution in [0.3, 0.4) is 0 Å². The number of nitriles is 1. The number of halogens is 8. The van der Waals surface area contributed by atoms with Gasteiger partial charge in [0.05, 0.1) is 22.2 Å². The SMILES string of the molecule is CCOC(=O)COc1c(SC(F)(F)F)c(C#N)nn1-c1c(Cl)cc(C(F)(F)F)cc1Cl. The largest absolute Gasteiger partial charge is 0.465 e. The average molecular weight is 508 g/mol. The molecule has 0 saturated carbocycles. The first kappa shape index (κ1) is 25.0. The molecule has 0 atom stereocenters. The number of hydrogen-bond donors (Lipinski definition) is 0. The average Bonchev–Trinajstić information content (AvgIpc) is 2.94. The monoisotopic (exact) mass is 507 g/mol. The van der Waals surface area contributed by atoms with E-state index in [0.29, 0.717) is 16.8 Å². The Kier molecular flexibility index (Phi) is 7.61. The predicted molar refractivity (Wildman–Crippen MR) is 97.3 cm³/mol. The molecule has 1 aromatic carbocycles. The number of aromatic nitrogens is 2. The number of carbonyl (C=O) groups is 1. The molecule has 0 bridgehead atoms. The first-order valence-electron chi connectivity index (χ1n) is 7.92. The molecule has 0 aliphatic heterocycles. The normalized spacial score (nSPS) is 11.9. The number of thioether (sulfide) groups is 1. The van der Waals surface area contributed by atoms with Gasteiger partial charge in [-0.25, -0.2) is 4.79 Å². The highest BCUT2D eigenvalue weighted by molar-refractivity contribution is 8.00. The van der Waals surface area contributed by atoms with Gasteiger partial charge < -0.3 is 9.47 Å². The van der Waals surface area contributed by atoms with E-state index in [1.807, 2.05) is 0 Å². The molecule has 0 unspecified atom stereocenters. The van der Waals surface area contributed by atoms with Gasteiger partial charge in [0.2, 0.25) is 5.88 Å². The molecule has 6 nitrogen and oxygen atoms in total. The third-order valence-electron chi connectivity index (χ3n) is 3.31. The Morgan fingerprint density at radius 3 is 2.26 bits per heavy atom. The zero-order valence-corrected chi connectivity index (χ0v) is 17.4. The van der Waals surface area contributed by atoms with Gasteiger partial charge in [0.15, 0.2) is 12.3 Å². The lowest BCUT2D eigenvalue weighted by atomic mass is 10.2. The first-order chi connectivity index (χ1) is 14.3. The maximum atomic E-state index is 13.0. The van der Waals surface area contributed by atoms with Gasteiger partial charge in [-0.1, -0.05) is 23.2 Å². The van der Waals surface area contributed by atoms with Crippen LogP contribution in [0, 0.1) is 11.3 Å². The van der Waals surface area contributed by atoms with Crippen LogP contribution in [0.15, 0.2) is 17.0 Å². The van der Waals surface area contributed by atoms with Crippen molar-refractivity contribution in [3.8, 4) is 17.6 Å². The van der Waals surface area contributed by atoms with Gasteiger partial charge in [-0.15, -0.1) is 0 Å². The van der Waals surface area contributed by atoms with Gasteiger partial charge >= 0.3 is 17.7 Å². The molecule has 0 aliphatic rings. The highest BCUT2D eigenvalue weighted by Gasteiger charge is 2.37. The molecule has 0 spiro atoms. The summed E-state index contributed by atoms with van der Waals surface area (Å²) in [7, 11) is 0. The number of rotatable bonds is 6. The fourth-order valence-electron chi connectivity index (χ4n) is 2.21. The van der Waals surface area contributed by atoms with Crippen molar-refractivity contribution in [3.05, 3.63) is 33.4 Å². The Balaban J connectivity index is 2.69. The predicted octanol–water partition coefficient (Wildman–Crippen LogP) is 5.62. The minimum Gasteiger partial charge on any atom is -0.465 e. The molecule has 1 heterocycles. The van der Waals surface area contributed by atoms with Gasteiger partial charge in [-0.05, 0) is 30.8 Å². The third-order valence-corrected chi connectivity index (χ3v) is 4.69. The lowest BCUT2D eigenvalue weighted by molar-refractivity contribution is -0.145. The summed E-state index contributed by atoms with van der Waals surface area (Å²) in [6.07, 6.45) is -4.81. The summed E-state index contributed by atoms with van der Waals surface area (Å²) >= 11 is 11.0. The lowest BCUT2D eigenvalue weighted by Gasteiger charge is -2.15. The maximum absolute atomic E-state index is 13.0. The Labute approximate surface area is 184 Å².